The predicted octanol–water partition coefficient (Wildman–Crippen LogP) is -0.559. The van der Waals surface area contributed by atoms with E-state index in [2.05, 4.69) is 9.97 Å². The average Bonchev–Trinajstić information content (AvgIpc) is 3.34. The van der Waals surface area contributed by atoms with E-state index >= 15 is 0 Å². The smallest absolute Gasteiger partial charge is 0.434 e. The number of rotatable bonds is 6. The van der Waals surface area contributed by atoms with Crippen LogP contribution in [0.3, 0.4) is 0 Å². The molecule has 0 spiro atoms. The SMILES string of the molecule is N[C@H](Cc1c[nH]cn1)C(=O)N1CC(Oc2ccc3c(c2C(=O)O)O[B-](O)(O)[C@H]2C[C@@H]32)C1. The van der Waals surface area contributed by atoms with Crippen LogP contribution in [-0.2, 0) is 11.2 Å². The number of imidazole rings is 1. The topological polar surface area (TPSA) is 171 Å². The van der Waals surface area contributed by atoms with E-state index in [4.69, 9.17) is 15.1 Å². The third kappa shape index (κ3) is 3.42. The largest absolute Gasteiger partial charge is 0.669 e. The highest BCUT2D eigenvalue weighted by Crippen LogP contribution is 2.63. The number of carbonyl (C=O) groups is 2. The minimum atomic E-state index is -3.10. The summed E-state index contributed by atoms with van der Waals surface area (Å²) in [4.78, 5) is 32.8. The number of nitrogens with one attached hydrogen (secondary N) is 1. The Balaban J connectivity index is 1.27. The maximum atomic E-state index is 12.5. The summed E-state index contributed by atoms with van der Waals surface area (Å²) in [5, 5.41) is 29.9. The molecule has 31 heavy (non-hydrogen) atoms. The summed E-state index contributed by atoms with van der Waals surface area (Å²) in [6, 6.07) is 2.53. The van der Waals surface area contributed by atoms with E-state index in [1.165, 1.54) is 6.33 Å². The van der Waals surface area contributed by atoms with Crippen LogP contribution in [0.4, 0.5) is 0 Å². The third-order valence-corrected chi connectivity index (χ3v) is 6.21. The first-order valence-electron chi connectivity index (χ1n) is 10.1. The molecule has 11 nitrogen and oxygen atoms in total. The van der Waals surface area contributed by atoms with E-state index < -0.39 is 30.7 Å². The molecule has 3 atom stereocenters. The summed E-state index contributed by atoms with van der Waals surface area (Å²) >= 11 is 0. The summed E-state index contributed by atoms with van der Waals surface area (Å²) < 4.78 is 11.1. The fraction of sp³-hybridized carbons (Fsp3) is 0.421. The number of hydrogen-bond donors (Lipinski definition) is 5. The molecule has 1 aliphatic carbocycles. The van der Waals surface area contributed by atoms with Crippen LogP contribution < -0.4 is 15.1 Å². The molecule has 0 bridgehead atoms. The molecule has 12 heteroatoms. The van der Waals surface area contributed by atoms with Gasteiger partial charge in [0.25, 0.3) is 0 Å². The van der Waals surface area contributed by atoms with Crippen LogP contribution in [0.5, 0.6) is 11.5 Å². The predicted molar refractivity (Wildman–Crippen MR) is 107 cm³/mol. The lowest BCUT2D eigenvalue weighted by atomic mass is 9.68. The van der Waals surface area contributed by atoms with Crippen molar-refractivity contribution >= 4 is 18.6 Å². The second kappa shape index (κ2) is 6.97. The molecule has 2 fully saturated rings. The van der Waals surface area contributed by atoms with Crippen LogP contribution in [0.15, 0.2) is 24.7 Å². The second-order valence-electron chi connectivity index (χ2n) is 8.40. The van der Waals surface area contributed by atoms with Gasteiger partial charge in [-0.3, -0.25) is 4.79 Å². The lowest BCUT2D eigenvalue weighted by Gasteiger charge is -2.41. The fourth-order valence-corrected chi connectivity index (χ4v) is 4.44. The van der Waals surface area contributed by atoms with Crippen LogP contribution in [0.1, 0.15) is 34.0 Å². The van der Waals surface area contributed by atoms with Gasteiger partial charge in [0.05, 0.1) is 36.9 Å². The summed E-state index contributed by atoms with van der Waals surface area (Å²) in [5.74, 6) is -2.04. The number of nitrogens with two attached hydrogens (primary N) is 1. The van der Waals surface area contributed by atoms with Crippen molar-refractivity contribution in [1.82, 2.24) is 14.9 Å². The quantitative estimate of drug-likeness (QED) is 0.378. The van der Waals surface area contributed by atoms with E-state index in [0.717, 1.165) is 0 Å². The minimum Gasteiger partial charge on any atom is -0.669 e. The van der Waals surface area contributed by atoms with Crippen LogP contribution in [0.25, 0.3) is 0 Å². The van der Waals surface area contributed by atoms with E-state index in [-0.39, 0.29) is 42.0 Å². The molecule has 164 valence electrons. The first-order chi connectivity index (χ1) is 14.7. The molecule has 0 unspecified atom stereocenters. The van der Waals surface area contributed by atoms with Crippen molar-refractivity contribution < 1.29 is 34.1 Å². The van der Waals surface area contributed by atoms with Gasteiger partial charge in [-0.2, -0.15) is 0 Å². The Morgan fingerprint density at radius 2 is 2.16 bits per heavy atom. The number of amides is 1. The molecule has 1 saturated carbocycles. The highest BCUT2D eigenvalue weighted by Gasteiger charge is 2.55. The van der Waals surface area contributed by atoms with Gasteiger partial charge in [-0.15, -0.1) is 0 Å². The Labute approximate surface area is 176 Å². The molecule has 0 radical (unpaired) electrons. The average molecular weight is 429 g/mol. The summed E-state index contributed by atoms with van der Waals surface area (Å²) in [6.07, 6.45) is 3.64. The number of H-pyrrole nitrogens is 1. The Kier molecular flexibility index (Phi) is 4.47. The van der Waals surface area contributed by atoms with E-state index in [1.54, 1.807) is 23.2 Å². The second-order valence-corrected chi connectivity index (χ2v) is 8.40. The van der Waals surface area contributed by atoms with E-state index in [1.807, 2.05) is 0 Å². The highest BCUT2D eigenvalue weighted by atomic mass is 16.6. The molecule has 6 N–H and O–H groups in total. The first kappa shape index (κ1) is 19.9. The number of aromatic amines is 1. The standard InChI is InChI=1S/C19H22BN4O7/c21-14(3-9-5-22-8-23-9)18(25)24-6-10(7-24)30-15-2-1-11-12-4-13(12)20(28,29)31-17(11)16(15)19(26)27/h1-2,5,8,10,12-14,28-29H,3-4,6-7,21H2,(H,22,23)(H,26,27)/q-1/t12-,13-,14+/m0/s1. The van der Waals surface area contributed by atoms with Gasteiger partial charge in [-0.25, -0.2) is 9.78 Å². The summed E-state index contributed by atoms with van der Waals surface area (Å²) in [5.41, 5.74) is 7.07. The Morgan fingerprint density at radius 1 is 1.39 bits per heavy atom. The zero-order chi connectivity index (χ0) is 21.9. The van der Waals surface area contributed by atoms with Gasteiger partial charge in [0.15, 0.2) is 0 Å². The van der Waals surface area contributed by atoms with E-state index in [0.29, 0.717) is 24.1 Å². The number of nitrogens with zero attached hydrogens (tertiary/aromatic N) is 2. The maximum Gasteiger partial charge on any atom is 0.434 e. The van der Waals surface area contributed by atoms with Crippen molar-refractivity contribution in [3.05, 3.63) is 41.5 Å². The lowest BCUT2D eigenvalue weighted by Crippen LogP contribution is -2.60. The van der Waals surface area contributed by atoms with E-state index in [9.17, 15) is 24.7 Å². The number of carboxylic acids is 1. The minimum absolute atomic E-state index is 0.0537. The molecule has 1 amide bonds. The first-order valence-corrected chi connectivity index (χ1v) is 10.1. The number of likely N-dealkylation sites (tertiary alicyclic amines) is 1. The van der Waals surface area contributed by atoms with Gasteiger partial charge in [0.2, 0.25) is 5.91 Å². The summed E-state index contributed by atoms with van der Waals surface area (Å²) in [7, 11) is 0. The molecule has 2 aliphatic heterocycles. The van der Waals surface area contributed by atoms with Gasteiger partial charge in [0.1, 0.15) is 17.4 Å². The number of carbonyl (C=O) groups excluding carboxylic acids is 1. The molecule has 1 aromatic heterocycles. The Bertz CT molecular complexity index is 1040. The van der Waals surface area contributed by atoms with Crippen LogP contribution in [0, 0.1) is 0 Å². The van der Waals surface area contributed by atoms with Crippen molar-refractivity contribution in [2.75, 3.05) is 13.1 Å². The lowest BCUT2D eigenvalue weighted by molar-refractivity contribution is -0.141. The summed E-state index contributed by atoms with van der Waals surface area (Å²) in [6.45, 7) is -2.57. The van der Waals surface area contributed by atoms with Gasteiger partial charge >= 0.3 is 12.7 Å². The van der Waals surface area contributed by atoms with Gasteiger partial charge in [-0.05, 0) is 17.5 Å². The van der Waals surface area contributed by atoms with Gasteiger partial charge in [0, 0.05) is 12.6 Å². The fourth-order valence-electron chi connectivity index (χ4n) is 4.44. The number of aromatic nitrogens is 2. The third-order valence-electron chi connectivity index (χ3n) is 6.21. The van der Waals surface area contributed by atoms with Crippen molar-refractivity contribution in [3.63, 3.8) is 0 Å². The number of aromatic carboxylic acids is 1. The molecular formula is C19H22BN4O7-. The molecule has 3 heterocycles. The highest BCUT2D eigenvalue weighted by molar-refractivity contribution is 6.62. The van der Waals surface area contributed by atoms with Crippen molar-refractivity contribution in [2.24, 2.45) is 5.73 Å². The van der Waals surface area contributed by atoms with Crippen LogP contribution >= 0.6 is 0 Å². The number of carboxylic acid groups (broad SMARTS) is 1. The van der Waals surface area contributed by atoms with Crippen LogP contribution in [0.2, 0.25) is 5.82 Å². The van der Waals surface area contributed by atoms with Crippen LogP contribution in [-0.4, -0.2) is 73.9 Å². The van der Waals surface area contributed by atoms with Gasteiger partial charge < -0.3 is 40.2 Å². The molecule has 1 saturated heterocycles. The van der Waals surface area contributed by atoms with Crippen molar-refractivity contribution in [2.45, 2.75) is 36.7 Å². The molecule has 3 aliphatic rings. The van der Waals surface area contributed by atoms with Crippen molar-refractivity contribution in [3.8, 4) is 11.5 Å². The molecule has 5 rings (SSSR count). The molecule has 2 aromatic rings. The zero-order valence-electron chi connectivity index (χ0n) is 16.5. The molecular weight excluding hydrogens is 407 g/mol. The number of fused-ring (bicyclic) bond motifs is 3. The Hall–Kier alpha value is -3.09. The van der Waals surface area contributed by atoms with Crippen molar-refractivity contribution in [1.29, 1.82) is 0 Å². The number of hydrogen-bond acceptors (Lipinski definition) is 8. The maximum absolute atomic E-state index is 12.5. The number of benzene rings is 1. The number of ether oxygens (including phenoxy) is 1. The zero-order valence-corrected chi connectivity index (χ0v) is 16.5. The monoisotopic (exact) mass is 429 g/mol. The molecule has 1 aromatic carbocycles. The Morgan fingerprint density at radius 3 is 2.84 bits per heavy atom. The normalized spacial score (nSPS) is 24.3. The van der Waals surface area contributed by atoms with Gasteiger partial charge in [-0.1, -0.05) is 18.3 Å².